The van der Waals surface area contributed by atoms with Gasteiger partial charge in [0.15, 0.2) is 10.1 Å². The number of halogens is 1. The van der Waals surface area contributed by atoms with Crippen molar-refractivity contribution in [3.8, 4) is 5.75 Å². The molecule has 0 aliphatic rings. The fourth-order valence-corrected chi connectivity index (χ4v) is 4.47. The van der Waals surface area contributed by atoms with Gasteiger partial charge in [-0.25, -0.2) is 9.37 Å². The van der Waals surface area contributed by atoms with Crippen molar-refractivity contribution in [2.45, 2.75) is 17.7 Å². The van der Waals surface area contributed by atoms with E-state index in [1.165, 1.54) is 61.4 Å². The molecule has 0 saturated carbocycles. The zero-order valence-electron chi connectivity index (χ0n) is 17.3. The lowest BCUT2D eigenvalue weighted by Gasteiger charge is -2.12. The van der Waals surface area contributed by atoms with Crippen molar-refractivity contribution in [1.82, 2.24) is 4.98 Å². The number of anilines is 2. The molecule has 0 aliphatic carbocycles. The fraction of sp³-hybridized carbons (Fsp3) is 0.182. The van der Waals surface area contributed by atoms with Crippen LogP contribution < -0.4 is 15.4 Å². The maximum absolute atomic E-state index is 13.0. The average molecular weight is 474 g/mol. The number of carbonyl (C=O) groups is 3. The molecule has 3 aromatic rings. The van der Waals surface area contributed by atoms with E-state index in [1.807, 2.05) is 0 Å². The Morgan fingerprint density at radius 2 is 1.88 bits per heavy atom. The highest BCUT2D eigenvalue weighted by atomic mass is 32.2. The lowest BCUT2D eigenvalue weighted by molar-refractivity contribution is -0.116. The molecule has 1 aromatic heterocycles. The summed E-state index contributed by atoms with van der Waals surface area (Å²) in [6, 6.07) is 10.3. The van der Waals surface area contributed by atoms with E-state index in [0.717, 1.165) is 0 Å². The number of nitrogens with zero attached hydrogens (tertiary/aromatic N) is 1. The lowest BCUT2D eigenvalue weighted by Crippen LogP contribution is -2.15. The summed E-state index contributed by atoms with van der Waals surface area (Å²) in [5.41, 5.74) is 1.97. The van der Waals surface area contributed by atoms with Crippen LogP contribution in [-0.2, 0) is 16.0 Å². The van der Waals surface area contributed by atoms with Crippen LogP contribution in [0.1, 0.15) is 23.0 Å². The Labute approximate surface area is 192 Å². The van der Waals surface area contributed by atoms with Crippen molar-refractivity contribution in [3.05, 3.63) is 64.9 Å². The SMILES string of the molecule is COc1ccc(NC(C)=O)cc1NC(=O)Cc1csc(SCC(=O)c2ccc(F)cc2)n1. The predicted octanol–water partition coefficient (Wildman–Crippen LogP) is 4.41. The standard InChI is InChI=1S/C22H20FN3O4S2/c1-13(27)24-16-7-8-20(30-2)18(9-16)26-21(29)10-17-11-31-22(25-17)32-12-19(28)14-3-5-15(23)6-4-14/h3-9,11H,10,12H2,1-2H3,(H,24,27)(H,26,29). The highest BCUT2D eigenvalue weighted by Crippen LogP contribution is 2.28. The first-order valence-corrected chi connectivity index (χ1v) is 11.3. The lowest BCUT2D eigenvalue weighted by atomic mass is 10.1. The van der Waals surface area contributed by atoms with Crippen LogP contribution in [-0.4, -0.2) is 35.4 Å². The maximum Gasteiger partial charge on any atom is 0.230 e. The van der Waals surface area contributed by atoms with E-state index in [0.29, 0.717) is 32.7 Å². The summed E-state index contributed by atoms with van der Waals surface area (Å²) >= 11 is 2.61. The summed E-state index contributed by atoms with van der Waals surface area (Å²) in [6.45, 7) is 1.40. The summed E-state index contributed by atoms with van der Waals surface area (Å²) < 4.78 is 18.9. The topological polar surface area (TPSA) is 97.4 Å². The molecular formula is C22H20FN3O4S2. The normalized spacial score (nSPS) is 10.5. The molecule has 0 atom stereocenters. The number of aromatic nitrogens is 1. The van der Waals surface area contributed by atoms with Gasteiger partial charge < -0.3 is 15.4 Å². The fourth-order valence-electron chi connectivity index (χ4n) is 2.73. The molecule has 2 amide bonds. The number of hydrogen-bond donors (Lipinski definition) is 2. The summed E-state index contributed by atoms with van der Waals surface area (Å²) in [5, 5.41) is 7.18. The van der Waals surface area contributed by atoms with E-state index in [-0.39, 0.29) is 29.8 Å². The molecule has 0 saturated heterocycles. The van der Waals surface area contributed by atoms with Crippen molar-refractivity contribution in [3.63, 3.8) is 0 Å². The Balaban J connectivity index is 1.57. The van der Waals surface area contributed by atoms with E-state index in [1.54, 1.807) is 23.6 Å². The van der Waals surface area contributed by atoms with Crippen LogP contribution in [0.15, 0.2) is 52.2 Å². The third kappa shape index (κ3) is 6.63. The van der Waals surface area contributed by atoms with Crippen LogP contribution in [0.5, 0.6) is 5.75 Å². The Morgan fingerprint density at radius 1 is 1.12 bits per heavy atom. The first kappa shape index (κ1) is 23.4. The number of thioether (sulfide) groups is 1. The average Bonchev–Trinajstić information content (AvgIpc) is 3.19. The first-order valence-electron chi connectivity index (χ1n) is 9.45. The highest BCUT2D eigenvalue weighted by molar-refractivity contribution is 8.01. The van der Waals surface area contributed by atoms with E-state index in [9.17, 15) is 18.8 Å². The maximum atomic E-state index is 13.0. The van der Waals surface area contributed by atoms with E-state index in [2.05, 4.69) is 15.6 Å². The third-order valence-electron chi connectivity index (χ3n) is 4.16. The van der Waals surface area contributed by atoms with Gasteiger partial charge in [0.05, 0.1) is 30.7 Å². The number of thiazole rings is 1. The molecule has 2 aromatic carbocycles. The monoisotopic (exact) mass is 473 g/mol. The largest absolute Gasteiger partial charge is 0.495 e. The number of benzene rings is 2. The Morgan fingerprint density at radius 3 is 2.56 bits per heavy atom. The van der Waals surface area contributed by atoms with Gasteiger partial charge in [0.2, 0.25) is 11.8 Å². The van der Waals surface area contributed by atoms with Crippen molar-refractivity contribution in [2.75, 3.05) is 23.5 Å². The number of nitrogens with one attached hydrogen (secondary N) is 2. The van der Waals surface area contributed by atoms with Crippen LogP contribution in [0, 0.1) is 5.82 Å². The minimum Gasteiger partial charge on any atom is -0.495 e. The zero-order valence-corrected chi connectivity index (χ0v) is 18.9. The number of carbonyl (C=O) groups excluding carboxylic acids is 3. The number of amides is 2. The van der Waals surface area contributed by atoms with Crippen molar-refractivity contribution < 1.29 is 23.5 Å². The van der Waals surface area contributed by atoms with Crippen LogP contribution in [0.2, 0.25) is 0 Å². The second kappa shape index (κ2) is 10.9. The molecule has 0 unspecified atom stereocenters. The number of hydrogen-bond acceptors (Lipinski definition) is 7. The quantitative estimate of drug-likeness (QED) is 0.353. The van der Waals surface area contributed by atoms with E-state index >= 15 is 0 Å². The Hall–Kier alpha value is -3.24. The van der Waals surface area contributed by atoms with Crippen molar-refractivity contribution in [2.24, 2.45) is 0 Å². The summed E-state index contributed by atoms with van der Waals surface area (Å²) in [7, 11) is 1.49. The number of rotatable bonds is 9. The summed E-state index contributed by atoms with van der Waals surface area (Å²) in [6.07, 6.45) is 0.0382. The molecule has 2 N–H and O–H groups in total. The van der Waals surface area contributed by atoms with E-state index < -0.39 is 5.82 Å². The second-order valence-corrected chi connectivity index (χ2v) is 8.73. The zero-order chi connectivity index (χ0) is 23.1. The molecule has 0 aliphatic heterocycles. The molecule has 1 heterocycles. The number of ether oxygens (including phenoxy) is 1. The number of methoxy groups -OCH3 is 1. The molecule has 0 spiro atoms. The summed E-state index contributed by atoms with van der Waals surface area (Å²) in [4.78, 5) is 40.3. The van der Waals surface area contributed by atoms with Crippen molar-refractivity contribution in [1.29, 1.82) is 0 Å². The minimum absolute atomic E-state index is 0.0382. The van der Waals surface area contributed by atoms with Gasteiger partial charge in [-0.3, -0.25) is 14.4 Å². The van der Waals surface area contributed by atoms with Gasteiger partial charge in [-0.15, -0.1) is 11.3 Å². The Kier molecular flexibility index (Phi) is 7.96. The third-order valence-corrected chi connectivity index (χ3v) is 6.23. The van der Waals surface area contributed by atoms with Crippen LogP contribution in [0.4, 0.5) is 15.8 Å². The molecule has 7 nitrogen and oxygen atoms in total. The van der Waals surface area contributed by atoms with Gasteiger partial charge >= 0.3 is 0 Å². The Bertz CT molecular complexity index is 1130. The molecule has 3 rings (SSSR count). The van der Waals surface area contributed by atoms with Gasteiger partial charge in [-0.1, -0.05) is 11.8 Å². The molecule has 32 heavy (non-hydrogen) atoms. The molecule has 10 heteroatoms. The van der Waals surface area contributed by atoms with Crippen molar-refractivity contribution >= 4 is 52.1 Å². The van der Waals surface area contributed by atoms with Gasteiger partial charge in [-0.2, -0.15) is 0 Å². The molecule has 0 radical (unpaired) electrons. The van der Waals surface area contributed by atoms with Gasteiger partial charge in [0, 0.05) is 23.6 Å². The van der Waals surface area contributed by atoms with Crippen LogP contribution >= 0.6 is 23.1 Å². The predicted molar refractivity (Wildman–Crippen MR) is 123 cm³/mol. The minimum atomic E-state index is -0.392. The molecular weight excluding hydrogens is 453 g/mol. The molecule has 0 bridgehead atoms. The van der Waals surface area contributed by atoms with Crippen LogP contribution in [0.25, 0.3) is 0 Å². The molecule has 0 fully saturated rings. The number of ketones is 1. The first-order chi connectivity index (χ1) is 15.3. The highest BCUT2D eigenvalue weighted by Gasteiger charge is 2.13. The smallest absolute Gasteiger partial charge is 0.230 e. The molecule has 166 valence electrons. The van der Waals surface area contributed by atoms with Crippen LogP contribution in [0.3, 0.4) is 0 Å². The van der Waals surface area contributed by atoms with Gasteiger partial charge in [-0.05, 0) is 42.5 Å². The van der Waals surface area contributed by atoms with E-state index in [4.69, 9.17) is 4.74 Å². The van der Waals surface area contributed by atoms with Gasteiger partial charge in [0.1, 0.15) is 11.6 Å². The summed E-state index contributed by atoms with van der Waals surface area (Å²) in [5.74, 6) is -0.420. The van der Waals surface area contributed by atoms with Gasteiger partial charge in [0.25, 0.3) is 0 Å². The second-order valence-electron chi connectivity index (χ2n) is 6.64. The number of Topliss-reactive ketones (excluding diaryl/α,β-unsaturated/α-hetero) is 1.